The van der Waals surface area contributed by atoms with Gasteiger partial charge in [0, 0.05) is 37.3 Å². The molecule has 9 nitrogen and oxygen atoms in total. The Morgan fingerprint density at radius 3 is 2.48 bits per heavy atom. The minimum atomic E-state index is -4.75. The average Bonchev–Trinajstić information content (AvgIpc) is 2.98. The van der Waals surface area contributed by atoms with Crippen LogP contribution in [0.2, 0.25) is 5.02 Å². The Balaban J connectivity index is 1.24. The molecular formula is C29H38ClF3N4O5. The molecular weight excluding hydrogens is 577 g/mol. The van der Waals surface area contributed by atoms with Gasteiger partial charge in [-0.05, 0) is 62.3 Å². The van der Waals surface area contributed by atoms with Crippen LogP contribution in [-0.2, 0) is 14.2 Å². The van der Waals surface area contributed by atoms with E-state index in [0.717, 1.165) is 31.6 Å². The molecule has 3 atom stereocenters. The van der Waals surface area contributed by atoms with Crippen molar-refractivity contribution in [3.05, 3.63) is 45.8 Å². The smallest absolute Gasteiger partial charge is 0.406 e. The lowest BCUT2D eigenvalue weighted by Gasteiger charge is -2.40. The Hall–Kier alpha value is -2.54. The minimum Gasteiger partial charge on any atom is -0.406 e. The molecule has 1 aliphatic carbocycles. The molecule has 1 N–H and O–H groups in total. The van der Waals surface area contributed by atoms with Crippen molar-refractivity contribution in [1.29, 1.82) is 0 Å². The lowest BCUT2D eigenvalue weighted by atomic mass is 9.89. The van der Waals surface area contributed by atoms with Crippen molar-refractivity contribution < 1.29 is 32.1 Å². The van der Waals surface area contributed by atoms with Gasteiger partial charge in [-0.1, -0.05) is 18.5 Å². The highest BCUT2D eigenvalue weighted by molar-refractivity contribution is 6.32. The quantitative estimate of drug-likeness (QED) is 0.408. The fraction of sp³-hybridized carbons (Fsp3) is 0.655. The van der Waals surface area contributed by atoms with Gasteiger partial charge in [0.05, 0.1) is 50.5 Å². The Kier molecular flexibility index (Phi) is 10.2. The number of nitrogens with zero attached hydrogens (tertiary/aromatic N) is 3. The maximum Gasteiger partial charge on any atom is 0.573 e. The lowest BCUT2D eigenvalue weighted by Crippen LogP contribution is -2.46. The first-order valence-electron chi connectivity index (χ1n) is 14.6. The molecule has 13 heteroatoms. The van der Waals surface area contributed by atoms with Gasteiger partial charge in [-0.2, -0.15) is 5.10 Å². The average molecular weight is 615 g/mol. The van der Waals surface area contributed by atoms with Crippen LogP contribution in [-0.4, -0.2) is 74.4 Å². The number of aromatic nitrogens is 2. The summed E-state index contributed by atoms with van der Waals surface area (Å²) in [6.45, 7) is 6.35. The van der Waals surface area contributed by atoms with Gasteiger partial charge in [-0.15, -0.1) is 13.2 Å². The van der Waals surface area contributed by atoms with E-state index in [0.29, 0.717) is 69.9 Å². The number of alkyl halides is 3. The molecule has 42 heavy (non-hydrogen) atoms. The molecule has 5 rings (SSSR count). The zero-order chi connectivity index (χ0) is 29.7. The van der Waals surface area contributed by atoms with Gasteiger partial charge in [0.15, 0.2) is 0 Å². The summed E-state index contributed by atoms with van der Waals surface area (Å²) >= 11 is 6.51. The van der Waals surface area contributed by atoms with Gasteiger partial charge in [-0.25, -0.2) is 4.68 Å². The van der Waals surface area contributed by atoms with Crippen molar-refractivity contribution >= 4 is 23.0 Å². The van der Waals surface area contributed by atoms with E-state index in [-0.39, 0.29) is 34.5 Å². The summed E-state index contributed by atoms with van der Waals surface area (Å²) in [5.41, 5.74) is 0.986. The zero-order valence-corrected chi connectivity index (χ0v) is 24.4. The van der Waals surface area contributed by atoms with Gasteiger partial charge >= 0.3 is 6.36 Å². The van der Waals surface area contributed by atoms with Crippen LogP contribution in [0.5, 0.6) is 5.75 Å². The van der Waals surface area contributed by atoms with Crippen LogP contribution in [0.15, 0.2) is 35.3 Å². The van der Waals surface area contributed by atoms with E-state index >= 15 is 0 Å². The largest absolute Gasteiger partial charge is 0.573 e. The number of hydrogen-bond donors (Lipinski definition) is 1. The number of halogens is 4. The van der Waals surface area contributed by atoms with Crippen LogP contribution < -0.4 is 20.5 Å². The molecule has 2 saturated heterocycles. The highest BCUT2D eigenvalue weighted by Gasteiger charge is 2.33. The van der Waals surface area contributed by atoms with Gasteiger partial charge in [-0.3, -0.25) is 4.79 Å². The number of hydrogen-bond acceptors (Lipinski definition) is 8. The maximum atomic E-state index is 13.2. The third-order valence-electron chi connectivity index (χ3n) is 8.49. The second-order valence-electron chi connectivity index (χ2n) is 11.3. The lowest BCUT2D eigenvalue weighted by molar-refractivity contribution is -0.274. The van der Waals surface area contributed by atoms with E-state index in [1.807, 2.05) is 0 Å². The third-order valence-corrected chi connectivity index (χ3v) is 8.86. The molecule has 0 bridgehead atoms. The first-order chi connectivity index (χ1) is 20.2. The van der Waals surface area contributed by atoms with E-state index in [1.54, 1.807) is 18.3 Å². The van der Waals surface area contributed by atoms with Crippen molar-refractivity contribution in [2.24, 2.45) is 11.8 Å². The summed E-state index contributed by atoms with van der Waals surface area (Å²) in [6.07, 6.45) is 0.638. The monoisotopic (exact) mass is 614 g/mol. The molecule has 0 radical (unpaired) electrons. The third kappa shape index (κ3) is 7.89. The molecule has 0 spiro atoms. The SMILES string of the molecule is C[C@@H]1CCOC[C@H]1CNc1cnn(C2CCC(N(C[C@@H]3COCCO3)c3ccc(OC(F)(F)F)cc3)CC2)c(=O)c1Cl. The van der Waals surface area contributed by atoms with Crippen molar-refractivity contribution in [2.75, 3.05) is 56.3 Å². The number of anilines is 2. The van der Waals surface area contributed by atoms with Crippen LogP contribution in [0.1, 0.15) is 45.1 Å². The molecule has 3 aliphatic rings. The Morgan fingerprint density at radius 2 is 1.81 bits per heavy atom. The van der Waals surface area contributed by atoms with Crippen LogP contribution in [0.25, 0.3) is 0 Å². The summed E-state index contributed by atoms with van der Waals surface area (Å²) in [7, 11) is 0. The molecule has 2 aliphatic heterocycles. The topological polar surface area (TPSA) is 87.1 Å². The number of nitrogens with one attached hydrogen (secondary N) is 1. The van der Waals surface area contributed by atoms with Crippen molar-refractivity contribution in [3.63, 3.8) is 0 Å². The highest BCUT2D eigenvalue weighted by atomic mass is 35.5. The number of ether oxygens (including phenoxy) is 4. The van der Waals surface area contributed by atoms with E-state index < -0.39 is 6.36 Å². The molecule has 0 unspecified atom stereocenters. The number of rotatable bonds is 9. The molecule has 1 aromatic heterocycles. The molecule has 0 amide bonds. The molecule has 3 heterocycles. The van der Waals surface area contributed by atoms with Crippen molar-refractivity contribution in [1.82, 2.24) is 9.78 Å². The Morgan fingerprint density at radius 1 is 1.07 bits per heavy atom. The first-order valence-corrected chi connectivity index (χ1v) is 15.0. The predicted octanol–water partition coefficient (Wildman–Crippen LogP) is 5.29. The van der Waals surface area contributed by atoms with Gasteiger partial charge in [0.25, 0.3) is 5.56 Å². The molecule has 3 fully saturated rings. The van der Waals surface area contributed by atoms with E-state index in [2.05, 4.69) is 27.0 Å². The van der Waals surface area contributed by atoms with Crippen LogP contribution in [0.3, 0.4) is 0 Å². The van der Waals surface area contributed by atoms with Crippen LogP contribution >= 0.6 is 11.6 Å². The fourth-order valence-corrected chi connectivity index (χ4v) is 6.22. The second kappa shape index (κ2) is 13.8. The minimum absolute atomic E-state index is 0.0907. The van der Waals surface area contributed by atoms with E-state index in [1.165, 1.54) is 16.8 Å². The van der Waals surface area contributed by atoms with Crippen molar-refractivity contribution in [2.45, 2.75) is 63.6 Å². The molecule has 1 saturated carbocycles. The predicted molar refractivity (Wildman–Crippen MR) is 152 cm³/mol. The van der Waals surface area contributed by atoms with Crippen LogP contribution in [0, 0.1) is 11.8 Å². The Bertz CT molecular complexity index is 1220. The normalized spacial score (nSPS) is 26.9. The summed E-state index contributed by atoms with van der Waals surface area (Å²) in [5.74, 6) is 0.597. The summed E-state index contributed by atoms with van der Waals surface area (Å²) in [6, 6.07) is 5.90. The fourth-order valence-electron chi connectivity index (χ4n) is 6.01. The standard InChI is InChI=1S/C29H38ClF3N4O5/c1-19-10-11-39-17-20(19)14-34-26-15-35-37(28(38)27(26)30)23-4-2-21(3-5-23)36(16-25-18-40-12-13-41-25)22-6-8-24(9-7-22)42-29(31,32)33/h6-9,15,19-21,23,25,34H,2-5,10-14,16-18H2,1H3/t19-,20-,21?,23?,25-/m1/s1. The van der Waals surface area contributed by atoms with E-state index in [4.69, 9.17) is 25.8 Å². The van der Waals surface area contributed by atoms with Crippen LogP contribution in [0.4, 0.5) is 24.5 Å². The van der Waals surface area contributed by atoms with Gasteiger partial charge < -0.3 is 29.2 Å². The van der Waals surface area contributed by atoms with Gasteiger partial charge in [0.1, 0.15) is 10.8 Å². The first kappa shape index (κ1) is 30.9. The van der Waals surface area contributed by atoms with Gasteiger partial charge in [0.2, 0.25) is 0 Å². The van der Waals surface area contributed by atoms with E-state index in [9.17, 15) is 18.0 Å². The molecule has 1 aromatic carbocycles. The molecule has 2 aromatic rings. The zero-order valence-electron chi connectivity index (χ0n) is 23.7. The highest BCUT2D eigenvalue weighted by Crippen LogP contribution is 2.35. The summed E-state index contributed by atoms with van der Waals surface area (Å²) in [5, 5.41) is 7.90. The Labute approximate surface area is 248 Å². The van der Waals surface area contributed by atoms with Crippen molar-refractivity contribution in [3.8, 4) is 5.75 Å². The maximum absolute atomic E-state index is 13.2. The summed E-state index contributed by atoms with van der Waals surface area (Å²) < 4.78 is 60.6. The number of benzene rings is 1. The summed E-state index contributed by atoms with van der Waals surface area (Å²) in [4.78, 5) is 15.4. The second-order valence-corrected chi connectivity index (χ2v) is 11.7. The molecule has 232 valence electrons.